The lowest BCUT2D eigenvalue weighted by Crippen LogP contribution is -2.26. The molecule has 29 heavy (non-hydrogen) atoms. The van der Waals surface area contributed by atoms with Gasteiger partial charge in [-0.15, -0.1) is 0 Å². The zero-order valence-electron chi connectivity index (χ0n) is 15.6. The number of hydrogen-bond donors (Lipinski definition) is 2. The van der Waals surface area contributed by atoms with E-state index >= 15 is 0 Å². The van der Waals surface area contributed by atoms with Crippen LogP contribution in [-0.2, 0) is 0 Å². The number of carbonyl (C=O) groups is 1. The number of rotatable bonds is 5. The number of piperidine rings is 1. The molecule has 0 radical (unpaired) electrons. The Balaban J connectivity index is 0.00000240. The fourth-order valence-corrected chi connectivity index (χ4v) is 3.47. The fraction of sp³-hybridized carbons (Fsp3) is 0.250. The van der Waals surface area contributed by atoms with E-state index in [9.17, 15) is 4.79 Å². The molecule has 4 rings (SSSR count). The highest BCUT2D eigenvalue weighted by atomic mass is 16.5. The van der Waals surface area contributed by atoms with Crippen LogP contribution in [0.1, 0.15) is 42.1 Å². The summed E-state index contributed by atoms with van der Waals surface area (Å²) in [7, 11) is 0. The van der Waals surface area contributed by atoms with Gasteiger partial charge in [0.15, 0.2) is 0 Å². The molecule has 0 bridgehead atoms. The van der Waals surface area contributed by atoms with Crippen LogP contribution >= 0.6 is 0 Å². The monoisotopic (exact) mass is 389 g/mol. The molecule has 5 heteroatoms. The number of para-hydroxylation sites is 1. The molecule has 1 fully saturated rings. The molecule has 1 saturated heterocycles. The second kappa shape index (κ2) is 9.85. The smallest absolute Gasteiger partial charge is 0.261 e. The maximum absolute atomic E-state index is 12.9. The summed E-state index contributed by atoms with van der Waals surface area (Å²) in [5.74, 6) is 1.24. The molecule has 0 unspecified atom stereocenters. The summed E-state index contributed by atoms with van der Waals surface area (Å²) in [6, 6.07) is 20.9. The van der Waals surface area contributed by atoms with Crippen molar-refractivity contribution in [2.24, 2.45) is 0 Å². The van der Waals surface area contributed by atoms with Crippen molar-refractivity contribution in [2.45, 2.75) is 26.2 Å². The quantitative estimate of drug-likeness (QED) is 0.627. The third-order valence-electron chi connectivity index (χ3n) is 4.93. The van der Waals surface area contributed by atoms with Crippen molar-refractivity contribution in [2.75, 3.05) is 18.4 Å². The number of anilines is 1. The van der Waals surface area contributed by atoms with Gasteiger partial charge in [0.25, 0.3) is 5.91 Å². The number of nitrogens with zero attached hydrogens (tertiary/aromatic N) is 1. The summed E-state index contributed by atoms with van der Waals surface area (Å²) < 4.78 is 5.81. The Morgan fingerprint density at radius 2 is 1.79 bits per heavy atom. The van der Waals surface area contributed by atoms with Crippen LogP contribution in [0.25, 0.3) is 0 Å². The van der Waals surface area contributed by atoms with Crippen molar-refractivity contribution in [3.63, 3.8) is 0 Å². The van der Waals surface area contributed by atoms with Gasteiger partial charge in [-0.1, -0.05) is 37.8 Å². The van der Waals surface area contributed by atoms with Crippen LogP contribution in [0.3, 0.4) is 0 Å². The van der Waals surface area contributed by atoms with Crippen LogP contribution in [0.2, 0.25) is 0 Å². The zero-order chi connectivity index (χ0) is 19.2. The first-order chi connectivity index (χ1) is 13.8. The van der Waals surface area contributed by atoms with Crippen molar-refractivity contribution in [1.29, 1.82) is 0 Å². The van der Waals surface area contributed by atoms with Crippen LogP contribution < -0.4 is 15.4 Å². The Labute approximate surface area is 172 Å². The number of pyridine rings is 1. The molecule has 2 heterocycles. The first-order valence-electron chi connectivity index (χ1n) is 9.59. The summed E-state index contributed by atoms with van der Waals surface area (Å²) in [6.45, 7) is 2.08. The molecular weight excluding hydrogens is 362 g/mol. The predicted octanol–water partition coefficient (Wildman–Crippen LogP) is 5.23. The van der Waals surface area contributed by atoms with Gasteiger partial charge in [-0.25, -0.2) is 4.98 Å². The summed E-state index contributed by atoms with van der Waals surface area (Å²) in [5.41, 5.74) is 2.46. The van der Waals surface area contributed by atoms with E-state index in [4.69, 9.17) is 4.74 Å². The van der Waals surface area contributed by atoms with Crippen molar-refractivity contribution in [3.8, 4) is 11.6 Å². The van der Waals surface area contributed by atoms with E-state index in [2.05, 4.69) is 27.8 Å². The van der Waals surface area contributed by atoms with Crippen molar-refractivity contribution in [1.82, 2.24) is 10.3 Å². The highest BCUT2D eigenvalue weighted by Crippen LogP contribution is 2.28. The molecule has 1 aliphatic heterocycles. The minimum Gasteiger partial charge on any atom is -0.438 e. The second-order valence-corrected chi connectivity index (χ2v) is 6.88. The average Bonchev–Trinajstić information content (AvgIpc) is 2.76. The fourth-order valence-electron chi connectivity index (χ4n) is 3.47. The normalized spacial score (nSPS) is 13.9. The van der Waals surface area contributed by atoms with Crippen LogP contribution in [0.4, 0.5) is 5.69 Å². The molecule has 1 aromatic heterocycles. The first kappa shape index (κ1) is 20.6. The van der Waals surface area contributed by atoms with E-state index < -0.39 is 0 Å². The lowest BCUT2D eigenvalue weighted by atomic mass is 9.90. The minimum atomic E-state index is -0.235. The summed E-state index contributed by atoms with van der Waals surface area (Å²) in [6.07, 6.45) is 3.86. The maximum Gasteiger partial charge on any atom is 0.261 e. The number of carbonyl (C=O) groups excluding carboxylic acids is 1. The van der Waals surface area contributed by atoms with Gasteiger partial charge in [0.2, 0.25) is 5.88 Å². The van der Waals surface area contributed by atoms with E-state index in [1.165, 1.54) is 5.56 Å². The molecule has 0 saturated carbocycles. The average molecular weight is 389 g/mol. The highest BCUT2D eigenvalue weighted by Gasteiger charge is 2.17. The SMILES string of the molecule is C.O=C(Nc1cccc(C2CCNCC2)c1)c1cccnc1Oc1ccccc1. The Bertz CT molecular complexity index is 938. The van der Waals surface area contributed by atoms with Crippen LogP contribution in [0, 0.1) is 0 Å². The maximum atomic E-state index is 12.9. The molecule has 0 aliphatic carbocycles. The van der Waals surface area contributed by atoms with E-state index in [-0.39, 0.29) is 13.3 Å². The molecule has 1 amide bonds. The number of aromatic nitrogens is 1. The zero-order valence-corrected chi connectivity index (χ0v) is 15.6. The van der Waals surface area contributed by atoms with E-state index in [0.717, 1.165) is 31.6 Å². The van der Waals surface area contributed by atoms with Gasteiger partial charge in [-0.05, 0) is 73.8 Å². The van der Waals surface area contributed by atoms with Crippen LogP contribution in [0.15, 0.2) is 72.9 Å². The van der Waals surface area contributed by atoms with Crippen molar-refractivity contribution >= 4 is 11.6 Å². The molecule has 0 spiro atoms. The third kappa shape index (κ3) is 5.21. The largest absolute Gasteiger partial charge is 0.438 e. The lowest BCUT2D eigenvalue weighted by molar-refractivity contribution is 0.102. The van der Waals surface area contributed by atoms with Gasteiger partial charge in [0.05, 0.1) is 0 Å². The van der Waals surface area contributed by atoms with Gasteiger partial charge in [0.1, 0.15) is 11.3 Å². The number of hydrogen-bond acceptors (Lipinski definition) is 4. The second-order valence-electron chi connectivity index (χ2n) is 6.88. The minimum absolute atomic E-state index is 0. The molecule has 5 nitrogen and oxygen atoms in total. The molecule has 150 valence electrons. The number of ether oxygens (including phenoxy) is 1. The van der Waals surface area contributed by atoms with Crippen LogP contribution in [0.5, 0.6) is 11.6 Å². The van der Waals surface area contributed by atoms with E-state index in [1.807, 2.05) is 42.5 Å². The number of benzene rings is 2. The number of amides is 1. The van der Waals surface area contributed by atoms with Crippen LogP contribution in [-0.4, -0.2) is 24.0 Å². The summed E-state index contributed by atoms with van der Waals surface area (Å²) >= 11 is 0. The topological polar surface area (TPSA) is 63.2 Å². The summed E-state index contributed by atoms with van der Waals surface area (Å²) in [5, 5.41) is 6.38. The molecule has 2 aromatic carbocycles. The Hall–Kier alpha value is -3.18. The molecule has 2 N–H and O–H groups in total. The number of nitrogens with one attached hydrogen (secondary N) is 2. The standard InChI is InChI=1S/C23H23N3O2.CH4/c27-22(21-10-5-13-25-23(21)28-20-8-2-1-3-9-20)26-19-7-4-6-18(16-19)17-11-14-24-15-12-17;/h1-10,13,16-17,24H,11-12,14-15H2,(H,26,27);1H4. The van der Waals surface area contributed by atoms with Gasteiger partial charge >= 0.3 is 0 Å². The van der Waals surface area contributed by atoms with E-state index in [1.54, 1.807) is 18.3 Å². The third-order valence-corrected chi connectivity index (χ3v) is 4.93. The van der Waals surface area contributed by atoms with Crippen molar-refractivity contribution in [3.05, 3.63) is 84.1 Å². The molecular formula is C24H27N3O2. The summed E-state index contributed by atoms with van der Waals surface area (Å²) in [4.78, 5) is 17.1. The van der Waals surface area contributed by atoms with Gasteiger partial charge in [-0.3, -0.25) is 4.79 Å². The molecule has 1 aliphatic rings. The Morgan fingerprint density at radius 1 is 1.00 bits per heavy atom. The first-order valence-corrected chi connectivity index (χ1v) is 9.59. The van der Waals surface area contributed by atoms with Gasteiger partial charge < -0.3 is 15.4 Å². The van der Waals surface area contributed by atoms with Crippen molar-refractivity contribution < 1.29 is 9.53 Å². The Kier molecular flexibility index (Phi) is 6.98. The molecule has 0 atom stereocenters. The lowest BCUT2D eigenvalue weighted by Gasteiger charge is -2.23. The van der Waals surface area contributed by atoms with Gasteiger partial charge in [-0.2, -0.15) is 0 Å². The highest BCUT2D eigenvalue weighted by molar-refractivity contribution is 6.05. The predicted molar refractivity (Wildman–Crippen MR) is 117 cm³/mol. The van der Waals surface area contributed by atoms with Gasteiger partial charge in [0, 0.05) is 11.9 Å². The molecule has 3 aromatic rings. The van der Waals surface area contributed by atoms with E-state index in [0.29, 0.717) is 23.1 Å². The Morgan fingerprint density at radius 3 is 2.59 bits per heavy atom.